The van der Waals surface area contributed by atoms with Gasteiger partial charge in [-0.2, -0.15) is 0 Å². The first-order chi connectivity index (χ1) is 12.5. The largest absolute Gasteiger partial charge is 0.493 e. The van der Waals surface area contributed by atoms with Gasteiger partial charge < -0.3 is 19.1 Å². The van der Waals surface area contributed by atoms with Crippen LogP contribution in [0.4, 0.5) is 0 Å². The van der Waals surface area contributed by atoms with Gasteiger partial charge in [-0.1, -0.05) is 24.4 Å². The summed E-state index contributed by atoms with van der Waals surface area (Å²) in [5, 5.41) is 0.371. The van der Waals surface area contributed by atoms with Crippen LogP contribution >= 0.6 is 11.6 Å². The molecule has 26 heavy (non-hydrogen) atoms. The van der Waals surface area contributed by atoms with Gasteiger partial charge in [0, 0.05) is 19.2 Å². The fraction of sp³-hybridized carbons (Fsp3) is 0.474. The molecule has 2 rings (SSSR count). The summed E-state index contributed by atoms with van der Waals surface area (Å²) in [5.74, 6) is 0.156. The zero-order valence-corrected chi connectivity index (χ0v) is 15.9. The standard InChI is InChI=1S/C19H24ClNO5/c1-24-16-12-14(11-15(20)19(16)25-2)7-8-18(23)26-13-17(22)21-9-5-3-4-6-10-21/h7-8,11-12H,3-6,9-10,13H2,1-2H3/b8-7+. The first kappa shape index (κ1) is 20.1. The molecule has 0 aromatic heterocycles. The van der Waals surface area contributed by atoms with Gasteiger partial charge in [0.15, 0.2) is 18.1 Å². The van der Waals surface area contributed by atoms with Gasteiger partial charge in [0.25, 0.3) is 5.91 Å². The number of halogens is 1. The smallest absolute Gasteiger partial charge is 0.331 e. The summed E-state index contributed by atoms with van der Waals surface area (Å²) >= 11 is 6.13. The van der Waals surface area contributed by atoms with Crippen molar-refractivity contribution in [1.29, 1.82) is 0 Å². The lowest BCUT2D eigenvalue weighted by Gasteiger charge is -2.19. The highest BCUT2D eigenvalue weighted by molar-refractivity contribution is 6.32. The molecule has 6 nitrogen and oxygen atoms in total. The average molecular weight is 382 g/mol. The topological polar surface area (TPSA) is 65.1 Å². The molecule has 0 aliphatic carbocycles. The lowest BCUT2D eigenvalue weighted by Crippen LogP contribution is -2.35. The maximum absolute atomic E-state index is 12.1. The van der Waals surface area contributed by atoms with Gasteiger partial charge in [0.1, 0.15) is 0 Å². The lowest BCUT2D eigenvalue weighted by molar-refractivity contribution is -0.148. The van der Waals surface area contributed by atoms with Crippen molar-refractivity contribution in [2.24, 2.45) is 0 Å². The Morgan fingerprint density at radius 2 is 1.81 bits per heavy atom. The molecular weight excluding hydrogens is 358 g/mol. The minimum absolute atomic E-state index is 0.150. The first-order valence-electron chi connectivity index (χ1n) is 8.59. The minimum Gasteiger partial charge on any atom is -0.493 e. The van der Waals surface area contributed by atoms with Crippen LogP contribution < -0.4 is 9.47 Å². The van der Waals surface area contributed by atoms with Crippen LogP contribution in [-0.2, 0) is 14.3 Å². The number of esters is 1. The number of ether oxygens (including phenoxy) is 3. The molecule has 1 amide bonds. The van der Waals surface area contributed by atoms with Crippen LogP contribution in [0.2, 0.25) is 5.02 Å². The number of rotatable bonds is 6. The van der Waals surface area contributed by atoms with E-state index in [1.165, 1.54) is 20.3 Å². The second kappa shape index (κ2) is 10.1. The second-order valence-electron chi connectivity index (χ2n) is 5.97. The predicted octanol–water partition coefficient (Wildman–Crippen LogP) is 3.32. The van der Waals surface area contributed by atoms with Crippen molar-refractivity contribution in [3.8, 4) is 11.5 Å². The molecule has 0 N–H and O–H groups in total. The third-order valence-electron chi connectivity index (χ3n) is 4.16. The van der Waals surface area contributed by atoms with E-state index >= 15 is 0 Å². The Morgan fingerprint density at radius 3 is 2.42 bits per heavy atom. The SMILES string of the molecule is COc1cc(/C=C/C(=O)OCC(=O)N2CCCCCC2)cc(Cl)c1OC. The molecule has 1 heterocycles. The highest BCUT2D eigenvalue weighted by atomic mass is 35.5. The first-order valence-corrected chi connectivity index (χ1v) is 8.97. The Hall–Kier alpha value is -2.21. The summed E-state index contributed by atoms with van der Waals surface area (Å²) in [6.07, 6.45) is 7.08. The number of amides is 1. The van der Waals surface area contributed by atoms with E-state index < -0.39 is 5.97 Å². The number of methoxy groups -OCH3 is 2. The molecule has 1 fully saturated rings. The maximum atomic E-state index is 12.1. The Morgan fingerprint density at radius 1 is 1.12 bits per heavy atom. The van der Waals surface area contributed by atoms with Gasteiger partial charge in [-0.05, 0) is 36.6 Å². The number of benzene rings is 1. The second-order valence-corrected chi connectivity index (χ2v) is 6.38. The van der Waals surface area contributed by atoms with Crippen LogP contribution in [0.5, 0.6) is 11.5 Å². The van der Waals surface area contributed by atoms with E-state index in [1.54, 1.807) is 23.1 Å². The van der Waals surface area contributed by atoms with Gasteiger partial charge in [-0.15, -0.1) is 0 Å². The Bertz CT molecular complexity index is 666. The molecule has 1 aromatic carbocycles. The molecule has 1 aromatic rings. The molecule has 0 bridgehead atoms. The third kappa shape index (κ3) is 5.66. The van der Waals surface area contributed by atoms with Crippen LogP contribution in [0, 0.1) is 0 Å². The van der Waals surface area contributed by atoms with E-state index in [1.807, 2.05) is 0 Å². The average Bonchev–Trinajstić information content (AvgIpc) is 2.93. The highest BCUT2D eigenvalue weighted by Crippen LogP contribution is 2.36. The zero-order chi connectivity index (χ0) is 18.9. The van der Waals surface area contributed by atoms with E-state index in [9.17, 15) is 9.59 Å². The summed E-state index contributed by atoms with van der Waals surface area (Å²) in [5.41, 5.74) is 0.656. The van der Waals surface area contributed by atoms with Gasteiger partial charge in [-0.25, -0.2) is 4.79 Å². The van der Waals surface area contributed by atoms with Crippen LogP contribution in [0.1, 0.15) is 31.2 Å². The molecule has 1 aliphatic rings. The predicted molar refractivity (Wildman–Crippen MR) is 99.6 cm³/mol. The highest BCUT2D eigenvalue weighted by Gasteiger charge is 2.16. The minimum atomic E-state index is -0.584. The van der Waals surface area contributed by atoms with Gasteiger partial charge in [-0.3, -0.25) is 4.79 Å². The number of carbonyl (C=O) groups excluding carboxylic acids is 2. The molecule has 0 radical (unpaired) electrons. The zero-order valence-electron chi connectivity index (χ0n) is 15.1. The summed E-state index contributed by atoms with van der Waals surface area (Å²) in [7, 11) is 3.00. The number of carbonyl (C=O) groups is 2. The molecule has 0 spiro atoms. The number of nitrogens with zero attached hydrogens (tertiary/aromatic N) is 1. The monoisotopic (exact) mass is 381 g/mol. The summed E-state index contributed by atoms with van der Waals surface area (Å²) in [4.78, 5) is 25.7. The normalized spacial score (nSPS) is 14.8. The van der Waals surface area contributed by atoms with Crippen molar-refractivity contribution >= 4 is 29.6 Å². The Balaban J connectivity index is 1.90. The number of hydrogen-bond acceptors (Lipinski definition) is 5. The summed E-state index contributed by atoms with van der Waals surface area (Å²) in [6.45, 7) is 1.22. The van der Waals surface area contributed by atoms with Gasteiger partial charge >= 0.3 is 5.97 Å². The molecule has 0 saturated carbocycles. The quantitative estimate of drug-likeness (QED) is 0.558. The molecule has 0 atom stereocenters. The molecule has 7 heteroatoms. The van der Waals surface area contributed by atoms with Crippen molar-refractivity contribution in [2.75, 3.05) is 33.9 Å². The van der Waals surface area contributed by atoms with E-state index in [0.29, 0.717) is 22.1 Å². The third-order valence-corrected chi connectivity index (χ3v) is 4.45. The molecule has 1 aliphatic heterocycles. The van der Waals surface area contributed by atoms with Crippen LogP contribution in [-0.4, -0.2) is 50.7 Å². The van der Waals surface area contributed by atoms with Gasteiger partial charge in [0.2, 0.25) is 0 Å². The van der Waals surface area contributed by atoms with Crippen molar-refractivity contribution in [3.63, 3.8) is 0 Å². The molecular formula is C19H24ClNO5. The van der Waals surface area contributed by atoms with Crippen LogP contribution in [0.3, 0.4) is 0 Å². The fourth-order valence-electron chi connectivity index (χ4n) is 2.79. The van der Waals surface area contributed by atoms with E-state index in [4.69, 9.17) is 25.8 Å². The molecule has 1 saturated heterocycles. The summed E-state index contributed by atoms with van der Waals surface area (Å²) < 4.78 is 15.4. The van der Waals surface area contributed by atoms with Crippen molar-refractivity contribution in [2.45, 2.75) is 25.7 Å². The van der Waals surface area contributed by atoms with Crippen LogP contribution in [0.25, 0.3) is 6.08 Å². The van der Waals surface area contributed by atoms with Gasteiger partial charge in [0.05, 0.1) is 19.2 Å². The Labute approximate surface area is 158 Å². The van der Waals surface area contributed by atoms with Crippen LogP contribution in [0.15, 0.2) is 18.2 Å². The lowest BCUT2D eigenvalue weighted by atomic mass is 10.2. The Kier molecular flexibility index (Phi) is 7.78. The maximum Gasteiger partial charge on any atom is 0.331 e. The van der Waals surface area contributed by atoms with Crippen molar-refractivity contribution < 1.29 is 23.8 Å². The van der Waals surface area contributed by atoms with E-state index in [2.05, 4.69) is 0 Å². The number of hydrogen-bond donors (Lipinski definition) is 0. The fourth-order valence-corrected chi connectivity index (χ4v) is 3.09. The van der Waals surface area contributed by atoms with E-state index in [-0.39, 0.29) is 12.5 Å². The molecule has 142 valence electrons. The molecule has 0 unspecified atom stereocenters. The summed E-state index contributed by atoms with van der Waals surface area (Å²) in [6, 6.07) is 3.34. The van der Waals surface area contributed by atoms with E-state index in [0.717, 1.165) is 38.8 Å². The van der Waals surface area contributed by atoms with Crippen molar-refractivity contribution in [3.05, 3.63) is 28.8 Å². The number of likely N-dealkylation sites (tertiary alicyclic amines) is 1. The van der Waals surface area contributed by atoms with Crippen molar-refractivity contribution in [1.82, 2.24) is 4.90 Å².